The van der Waals surface area contributed by atoms with Gasteiger partial charge in [0.2, 0.25) is 0 Å². The van der Waals surface area contributed by atoms with Crippen molar-refractivity contribution in [3.8, 4) is 0 Å². The van der Waals surface area contributed by atoms with Crippen molar-refractivity contribution in [2.45, 2.75) is 64.7 Å². The highest BCUT2D eigenvalue weighted by molar-refractivity contribution is 5.05. The molecule has 3 aliphatic rings. The molecule has 0 radical (unpaired) electrons. The Bertz CT molecular complexity index is 205. The summed E-state index contributed by atoms with van der Waals surface area (Å²) < 4.78 is 0. The number of piperidine rings is 1. The van der Waals surface area contributed by atoms with E-state index in [-0.39, 0.29) is 0 Å². The molecule has 3 aliphatic heterocycles. The molecule has 0 unspecified atom stereocenters. The van der Waals surface area contributed by atoms with Crippen LogP contribution in [0.5, 0.6) is 0 Å². The Morgan fingerprint density at radius 1 is 1.07 bits per heavy atom. The third-order valence-corrected chi connectivity index (χ3v) is 3.73. The van der Waals surface area contributed by atoms with Gasteiger partial charge in [-0.25, -0.2) is 0 Å². The fraction of sp³-hybridized carbons (Fsp3) is 1.00. The molecule has 2 atom stereocenters. The van der Waals surface area contributed by atoms with E-state index >= 15 is 0 Å². The van der Waals surface area contributed by atoms with E-state index in [0.29, 0.717) is 5.54 Å². The summed E-state index contributed by atoms with van der Waals surface area (Å²) in [7, 11) is 0. The summed E-state index contributed by atoms with van der Waals surface area (Å²) in [5.74, 6) is 0. The van der Waals surface area contributed by atoms with E-state index in [2.05, 4.69) is 44.4 Å². The Kier molecular flexibility index (Phi) is 2.39. The molecule has 0 amide bonds. The average molecular weight is 196 g/mol. The maximum absolute atomic E-state index is 2.71. The number of nitrogens with zero attached hydrogens (tertiary/aromatic N) is 2. The van der Waals surface area contributed by atoms with Crippen LogP contribution in [0.1, 0.15) is 41.0 Å². The molecule has 14 heavy (non-hydrogen) atoms. The molecule has 0 saturated carbocycles. The van der Waals surface area contributed by atoms with Gasteiger partial charge < -0.3 is 0 Å². The topological polar surface area (TPSA) is 6.48 Å². The zero-order chi connectivity index (χ0) is 10.5. The fourth-order valence-corrected chi connectivity index (χ4v) is 3.16. The van der Waals surface area contributed by atoms with Gasteiger partial charge in [-0.2, -0.15) is 0 Å². The van der Waals surface area contributed by atoms with Gasteiger partial charge in [0.25, 0.3) is 0 Å². The summed E-state index contributed by atoms with van der Waals surface area (Å²) in [6.45, 7) is 14.2. The Balaban J connectivity index is 2.00. The quantitative estimate of drug-likeness (QED) is 0.632. The van der Waals surface area contributed by atoms with Gasteiger partial charge in [-0.1, -0.05) is 0 Å². The predicted molar refractivity (Wildman–Crippen MR) is 60.5 cm³/mol. The van der Waals surface area contributed by atoms with Crippen molar-refractivity contribution in [1.29, 1.82) is 0 Å². The Morgan fingerprint density at radius 2 is 1.57 bits per heavy atom. The van der Waals surface area contributed by atoms with Crippen molar-refractivity contribution in [1.82, 2.24) is 9.80 Å². The third kappa shape index (κ3) is 1.59. The lowest BCUT2D eigenvalue weighted by atomic mass is 9.81. The monoisotopic (exact) mass is 196 g/mol. The minimum atomic E-state index is 0.372. The van der Waals surface area contributed by atoms with Gasteiger partial charge in [0.1, 0.15) is 0 Å². The van der Waals surface area contributed by atoms with Crippen molar-refractivity contribution in [2.24, 2.45) is 0 Å². The number of hydrogen-bond acceptors (Lipinski definition) is 2. The van der Waals surface area contributed by atoms with Crippen LogP contribution >= 0.6 is 0 Å². The molecule has 3 saturated heterocycles. The second kappa shape index (κ2) is 3.21. The van der Waals surface area contributed by atoms with Crippen LogP contribution in [0.25, 0.3) is 0 Å². The minimum absolute atomic E-state index is 0.372. The molecule has 0 aromatic heterocycles. The van der Waals surface area contributed by atoms with E-state index in [1.807, 2.05) is 0 Å². The van der Waals surface area contributed by atoms with Gasteiger partial charge in [0.15, 0.2) is 0 Å². The molecule has 82 valence electrons. The standard InChI is InChI=1S/C12H24N2/c1-9(2)13-7-10-6-11(8-13)14(10)12(3,4)5/h9-11H,6-8H2,1-5H3/t10-,11+. The van der Waals surface area contributed by atoms with E-state index in [0.717, 1.165) is 18.1 Å². The number of fused-ring (bicyclic) bond motifs is 2. The molecule has 3 fully saturated rings. The van der Waals surface area contributed by atoms with Crippen LogP contribution in [0.2, 0.25) is 0 Å². The van der Waals surface area contributed by atoms with Gasteiger partial charge >= 0.3 is 0 Å². The molecule has 0 aliphatic carbocycles. The molecule has 0 N–H and O–H groups in total. The summed E-state index contributed by atoms with van der Waals surface area (Å²) in [6.07, 6.45) is 1.43. The largest absolute Gasteiger partial charge is 0.298 e. The molecular weight excluding hydrogens is 172 g/mol. The van der Waals surface area contributed by atoms with Crippen molar-refractivity contribution in [3.63, 3.8) is 0 Å². The Hall–Kier alpha value is -0.0800. The molecular formula is C12H24N2. The molecule has 2 heteroatoms. The van der Waals surface area contributed by atoms with E-state index < -0.39 is 0 Å². The normalized spacial score (nSPS) is 34.7. The summed E-state index contributed by atoms with van der Waals surface area (Å²) in [6, 6.07) is 2.38. The molecule has 2 nitrogen and oxygen atoms in total. The summed E-state index contributed by atoms with van der Waals surface area (Å²) in [5.41, 5.74) is 0.372. The second-order valence-corrected chi connectivity index (χ2v) is 6.17. The van der Waals surface area contributed by atoms with Crippen LogP contribution in [0.3, 0.4) is 0 Å². The fourth-order valence-electron chi connectivity index (χ4n) is 3.16. The first-order valence-electron chi connectivity index (χ1n) is 5.92. The first-order valence-corrected chi connectivity index (χ1v) is 5.92. The first kappa shape index (κ1) is 10.4. The minimum Gasteiger partial charge on any atom is -0.298 e. The van der Waals surface area contributed by atoms with Crippen LogP contribution in [0, 0.1) is 0 Å². The lowest BCUT2D eigenvalue weighted by Crippen LogP contribution is -2.73. The third-order valence-electron chi connectivity index (χ3n) is 3.73. The van der Waals surface area contributed by atoms with Crippen molar-refractivity contribution >= 4 is 0 Å². The van der Waals surface area contributed by atoms with Gasteiger partial charge in [0, 0.05) is 36.8 Å². The second-order valence-electron chi connectivity index (χ2n) is 6.17. The van der Waals surface area contributed by atoms with Crippen LogP contribution in [-0.2, 0) is 0 Å². The molecule has 0 aromatic carbocycles. The summed E-state index contributed by atoms with van der Waals surface area (Å²) in [4.78, 5) is 5.34. The molecule has 3 heterocycles. The number of piperazine rings is 1. The predicted octanol–water partition coefficient (Wildman–Crippen LogP) is 1.95. The molecule has 2 bridgehead atoms. The SMILES string of the molecule is CC(C)N1C[C@H]2C[C@@H](C1)N2C(C)(C)C. The maximum Gasteiger partial charge on any atom is 0.0247 e. The Labute approximate surface area is 88.3 Å². The van der Waals surface area contributed by atoms with E-state index in [1.54, 1.807) is 0 Å². The van der Waals surface area contributed by atoms with E-state index in [9.17, 15) is 0 Å². The number of rotatable bonds is 1. The van der Waals surface area contributed by atoms with Crippen LogP contribution < -0.4 is 0 Å². The first-order chi connectivity index (χ1) is 6.39. The Morgan fingerprint density at radius 3 is 1.93 bits per heavy atom. The van der Waals surface area contributed by atoms with Gasteiger partial charge in [0.05, 0.1) is 0 Å². The van der Waals surface area contributed by atoms with Crippen LogP contribution in [0.15, 0.2) is 0 Å². The van der Waals surface area contributed by atoms with Gasteiger partial charge in [-0.3, -0.25) is 9.80 Å². The van der Waals surface area contributed by atoms with E-state index in [1.165, 1.54) is 19.5 Å². The van der Waals surface area contributed by atoms with Crippen molar-refractivity contribution in [3.05, 3.63) is 0 Å². The van der Waals surface area contributed by atoms with Crippen LogP contribution in [0.4, 0.5) is 0 Å². The number of hydrogen-bond donors (Lipinski definition) is 0. The zero-order valence-electron chi connectivity index (χ0n) is 10.2. The summed E-state index contributed by atoms with van der Waals surface area (Å²) >= 11 is 0. The van der Waals surface area contributed by atoms with E-state index in [4.69, 9.17) is 0 Å². The zero-order valence-corrected chi connectivity index (χ0v) is 10.2. The summed E-state index contributed by atoms with van der Waals surface area (Å²) in [5, 5.41) is 0. The van der Waals surface area contributed by atoms with Crippen molar-refractivity contribution < 1.29 is 0 Å². The van der Waals surface area contributed by atoms with Crippen LogP contribution in [-0.4, -0.2) is 46.6 Å². The van der Waals surface area contributed by atoms with Crippen molar-refractivity contribution in [2.75, 3.05) is 13.1 Å². The van der Waals surface area contributed by atoms with Gasteiger partial charge in [-0.05, 0) is 41.0 Å². The highest BCUT2D eigenvalue weighted by Crippen LogP contribution is 2.38. The van der Waals surface area contributed by atoms with Gasteiger partial charge in [-0.15, -0.1) is 0 Å². The molecule has 0 aromatic rings. The highest BCUT2D eigenvalue weighted by atomic mass is 15.4. The smallest absolute Gasteiger partial charge is 0.0247 e. The lowest BCUT2D eigenvalue weighted by molar-refractivity contribution is -0.125. The highest BCUT2D eigenvalue weighted by Gasteiger charge is 2.49. The maximum atomic E-state index is 2.71. The average Bonchev–Trinajstić information content (AvgIpc) is 2.00. The molecule has 0 spiro atoms. The lowest BCUT2D eigenvalue weighted by Gasteiger charge is -2.62. The molecule has 3 rings (SSSR count).